The summed E-state index contributed by atoms with van der Waals surface area (Å²) >= 11 is 0. The molecule has 0 saturated carbocycles. The van der Waals surface area contributed by atoms with E-state index in [0.29, 0.717) is 11.8 Å². The molecule has 0 amide bonds. The summed E-state index contributed by atoms with van der Waals surface area (Å²) in [5.74, 6) is 1.12. The van der Waals surface area contributed by atoms with Gasteiger partial charge >= 0.3 is 0 Å². The number of hydrogen-bond acceptors (Lipinski definition) is 5. The van der Waals surface area contributed by atoms with Crippen LogP contribution in [0.15, 0.2) is 54.7 Å². The lowest BCUT2D eigenvalue weighted by atomic mass is 10.1. The molecule has 0 bridgehead atoms. The topological polar surface area (TPSA) is 62.7 Å². The fourth-order valence-electron chi connectivity index (χ4n) is 2.24. The van der Waals surface area contributed by atoms with E-state index < -0.39 is 0 Å². The number of rotatable bonds is 5. The van der Waals surface area contributed by atoms with Crippen molar-refractivity contribution in [1.82, 2.24) is 15.2 Å². The van der Waals surface area contributed by atoms with Crippen LogP contribution in [0.4, 0.5) is 23.1 Å². The molecule has 1 aromatic heterocycles. The van der Waals surface area contributed by atoms with E-state index in [1.165, 1.54) is 11.1 Å². The highest BCUT2D eigenvalue weighted by Gasteiger charge is 2.02. The molecule has 3 aromatic rings. The lowest BCUT2D eigenvalue weighted by molar-refractivity contribution is 0.982. The summed E-state index contributed by atoms with van der Waals surface area (Å²) in [6.45, 7) is 4.18. The second-order valence-electron chi connectivity index (χ2n) is 5.34. The molecule has 0 unspecified atom stereocenters. The SMILES string of the molecule is CCc1ccc(Nc2cnnc(Nc3cccc(C)c3)n2)cc1. The molecule has 0 aliphatic rings. The predicted octanol–water partition coefficient (Wildman–Crippen LogP) is 4.23. The van der Waals surface area contributed by atoms with E-state index in [-0.39, 0.29) is 0 Å². The maximum absolute atomic E-state index is 4.44. The van der Waals surface area contributed by atoms with E-state index in [2.05, 4.69) is 44.9 Å². The molecule has 116 valence electrons. The maximum atomic E-state index is 4.44. The lowest BCUT2D eigenvalue weighted by Gasteiger charge is -2.08. The van der Waals surface area contributed by atoms with Crippen molar-refractivity contribution >= 4 is 23.1 Å². The Bertz CT molecular complexity index is 783. The van der Waals surface area contributed by atoms with E-state index in [0.717, 1.165) is 17.8 Å². The minimum atomic E-state index is 0.464. The molecule has 0 saturated heterocycles. The number of hydrogen-bond donors (Lipinski definition) is 2. The number of aromatic nitrogens is 3. The minimum Gasteiger partial charge on any atom is -0.339 e. The van der Waals surface area contributed by atoms with E-state index in [9.17, 15) is 0 Å². The van der Waals surface area contributed by atoms with Crippen LogP contribution in [0.25, 0.3) is 0 Å². The molecule has 2 N–H and O–H groups in total. The van der Waals surface area contributed by atoms with Gasteiger partial charge in [-0.3, -0.25) is 0 Å². The van der Waals surface area contributed by atoms with Crippen molar-refractivity contribution in [2.24, 2.45) is 0 Å². The van der Waals surface area contributed by atoms with Gasteiger partial charge in [0.15, 0.2) is 5.82 Å². The first-order valence-corrected chi connectivity index (χ1v) is 7.62. The minimum absolute atomic E-state index is 0.464. The predicted molar refractivity (Wildman–Crippen MR) is 93.4 cm³/mol. The zero-order chi connectivity index (χ0) is 16.1. The Hall–Kier alpha value is -2.95. The average molecular weight is 305 g/mol. The quantitative estimate of drug-likeness (QED) is 0.738. The Morgan fingerprint density at radius 3 is 2.52 bits per heavy atom. The highest BCUT2D eigenvalue weighted by atomic mass is 15.3. The number of nitrogens with one attached hydrogen (secondary N) is 2. The van der Waals surface area contributed by atoms with Crippen molar-refractivity contribution in [3.05, 3.63) is 65.9 Å². The molecule has 0 fully saturated rings. The van der Waals surface area contributed by atoms with Crippen LogP contribution in [0.1, 0.15) is 18.1 Å². The van der Waals surface area contributed by atoms with E-state index in [1.807, 2.05) is 43.3 Å². The van der Waals surface area contributed by atoms with E-state index >= 15 is 0 Å². The monoisotopic (exact) mass is 305 g/mol. The third-order valence-electron chi connectivity index (χ3n) is 3.47. The van der Waals surface area contributed by atoms with E-state index in [4.69, 9.17) is 0 Å². The van der Waals surface area contributed by atoms with Crippen molar-refractivity contribution in [3.63, 3.8) is 0 Å². The highest BCUT2D eigenvalue weighted by molar-refractivity contribution is 5.59. The number of aryl methyl sites for hydroxylation is 2. The van der Waals surface area contributed by atoms with Gasteiger partial charge in [0.05, 0.1) is 6.20 Å². The van der Waals surface area contributed by atoms with Crippen LogP contribution < -0.4 is 10.6 Å². The highest BCUT2D eigenvalue weighted by Crippen LogP contribution is 2.18. The molecule has 5 nitrogen and oxygen atoms in total. The molecular formula is C18H19N5. The normalized spacial score (nSPS) is 10.3. The van der Waals surface area contributed by atoms with Gasteiger partial charge in [-0.15, -0.1) is 5.10 Å². The van der Waals surface area contributed by atoms with Gasteiger partial charge in [-0.25, -0.2) is 0 Å². The second-order valence-corrected chi connectivity index (χ2v) is 5.34. The first-order valence-electron chi connectivity index (χ1n) is 7.62. The molecule has 23 heavy (non-hydrogen) atoms. The third kappa shape index (κ3) is 4.03. The largest absolute Gasteiger partial charge is 0.339 e. The summed E-state index contributed by atoms with van der Waals surface area (Å²) in [5.41, 5.74) is 4.40. The van der Waals surface area contributed by atoms with Gasteiger partial charge in [0.25, 0.3) is 0 Å². The summed E-state index contributed by atoms with van der Waals surface area (Å²) < 4.78 is 0. The molecule has 2 aromatic carbocycles. The van der Waals surface area contributed by atoms with Gasteiger partial charge < -0.3 is 10.6 Å². The van der Waals surface area contributed by atoms with Crippen molar-refractivity contribution in [3.8, 4) is 0 Å². The standard InChI is InChI=1S/C18H19N5/c1-3-14-7-9-15(10-8-14)20-17-12-19-23-18(22-17)21-16-6-4-5-13(2)11-16/h4-12H,3H2,1-2H3,(H2,20,21,22,23). The summed E-state index contributed by atoms with van der Waals surface area (Å²) in [5, 5.41) is 14.4. The van der Waals surface area contributed by atoms with Gasteiger partial charge in [-0.2, -0.15) is 10.1 Å². The van der Waals surface area contributed by atoms with Crippen LogP contribution in [0.5, 0.6) is 0 Å². The van der Waals surface area contributed by atoms with Crippen molar-refractivity contribution < 1.29 is 0 Å². The van der Waals surface area contributed by atoms with Crippen LogP contribution >= 0.6 is 0 Å². The van der Waals surface area contributed by atoms with Crippen molar-refractivity contribution in [1.29, 1.82) is 0 Å². The molecule has 0 atom stereocenters. The Morgan fingerprint density at radius 1 is 0.957 bits per heavy atom. The Kier molecular flexibility index (Phi) is 4.47. The summed E-state index contributed by atoms with van der Waals surface area (Å²) in [6.07, 6.45) is 2.63. The first-order chi connectivity index (χ1) is 11.2. The Morgan fingerprint density at radius 2 is 1.78 bits per heavy atom. The first kappa shape index (κ1) is 15.0. The third-order valence-corrected chi connectivity index (χ3v) is 3.47. The van der Waals surface area contributed by atoms with Gasteiger partial charge in [-0.05, 0) is 48.7 Å². The molecule has 0 radical (unpaired) electrons. The molecular weight excluding hydrogens is 286 g/mol. The smallest absolute Gasteiger partial charge is 0.249 e. The second kappa shape index (κ2) is 6.87. The van der Waals surface area contributed by atoms with Crippen LogP contribution in [-0.2, 0) is 6.42 Å². The summed E-state index contributed by atoms with van der Waals surface area (Å²) in [7, 11) is 0. The summed E-state index contributed by atoms with van der Waals surface area (Å²) in [4.78, 5) is 4.44. The van der Waals surface area contributed by atoms with Gasteiger partial charge in [-0.1, -0.05) is 31.2 Å². The Balaban J connectivity index is 1.74. The molecule has 0 spiro atoms. The average Bonchev–Trinajstić information content (AvgIpc) is 2.56. The number of benzene rings is 2. The van der Waals surface area contributed by atoms with Gasteiger partial charge in [0, 0.05) is 11.4 Å². The maximum Gasteiger partial charge on any atom is 0.249 e. The molecule has 0 aliphatic heterocycles. The number of anilines is 4. The molecule has 0 aliphatic carbocycles. The Labute approximate surface area is 135 Å². The molecule has 1 heterocycles. The van der Waals surface area contributed by atoms with Crippen LogP contribution in [0.2, 0.25) is 0 Å². The van der Waals surface area contributed by atoms with Crippen LogP contribution in [0.3, 0.4) is 0 Å². The zero-order valence-electron chi connectivity index (χ0n) is 13.2. The van der Waals surface area contributed by atoms with Gasteiger partial charge in [0.2, 0.25) is 5.95 Å². The van der Waals surface area contributed by atoms with Crippen LogP contribution in [-0.4, -0.2) is 15.2 Å². The lowest BCUT2D eigenvalue weighted by Crippen LogP contribution is -2.02. The number of nitrogens with zero attached hydrogens (tertiary/aromatic N) is 3. The van der Waals surface area contributed by atoms with Crippen molar-refractivity contribution in [2.75, 3.05) is 10.6 Å². The molecule has 3 rings (SSSR count). The zero-order valence-corrected chi connectivity index (χ0v) is 13.2. The van der Waals surface area contributed by atoms with Gasteiger partial charge in [0.1, 0.15) is 0 Å². The molecule has 5 heteroatoms. The summed E-state index contributed by atoms with van der Waals surface area (Å²) in [6, 6.07) is 16.3. The van der Waals surface area contributed by atoms with E-state index in [1.54, 1.807) is 6.20 Å². The fourth-order valence-corrected chi connectivity index (χ4v) is 2.24. The van der Waals surface area contributed by atoms with Crippen LogP contribution in [0, 0.1) is 6.92 Å². The fraction of sp³-hybridized carbons (Fsp3) is 0.167. The van der Waals surface area contributed by atoms with Crippen molar-refractivity contribution in [2.45, 2.75) is 20.3 Å².